The van der Waals surface area contributed by atoms with Crippen molar-refractivity contribution in [1.29, 1.82) is 0 Å². The first kappa shape index (κ1) is 19.2. The lowest BCUT2D eigenvalue weighted by atomic mass is 10.1. The Morgan fingerprint density at radius 1 is 1.00 bits per heavy atom. The summed E-state index contributed by atoms with van der Waals surface area (Å²) in [6.45, 7) is 1.44. The second-order valence-corrected chi connectivity index (χ2v) is 5.74. The van der Waals surface area contributed by atoms with E-state index in [1.54, 1.807) is 54.6 Å². The lowest BCUT2D eigenvalue weighted by molar-refractivity contribution is -0.136. The summed E-state index contributed by atoms with van der Waals surface area (Å²) in [6.07, 6.45) is 0.629. The summed E-state index contributed by atoms with van der Waals surface area (Å²) in [7, 11) is 0. The van der Waals surface area contributed by atoms with Crippen LogP contribution in [0.5, 0.6) is 5.75 Å². The van der Waals surface area contributed by atoms with Crippen molar-refractivity contribution in [2.24, 2.45) is 0 Å². The van der Waals surface area contributed by atoms with Crippen molar-refractivity contribution in [3.05, 3.63) is 60.2 Å². The summed E-state index contributed by atoms with van der Waals surface area (Å²) < 4.78 is 5.56. The minimum atomic E-state index is -1.07. The number of ketones is 1. The van der Waals surface area contributed by atoms with Gasteiger partial charge in [-0.25, -0.2) is 0 Å². The van der Waals surface area contributed by atoms with Gasteiger partial charge >= 0.3 is 5.97 Å². The largest absolute Gasteiger partial charge is 0.494 e. The molecule has 6 heteroatoms. The van der Waals surface area contributed by atoms with Gasteiger partial charge in [0, 0.05) is 17.7 Å². The zero-order valence-electron chi connectivity index (χ0n) is 14.6. The number of hydrogen-bond acceptors (Lipinski definition) is 4. The van der Waals surface area contributed by atoms with E-state index in [1.165, 1.54) is 11.8 Å². The number of para-hydroxylation sites is 1. The van der Waals surface area contributed by atoms with E-state index < -0.39 is 5.97 Å². The monoisotopic (exact) mass is 355 g/mol. The molecule has 0 aliphatic carbocycles. The third-order valence-corrected chi connectivity index (χ3v) is 3.73. The van der Waals surface area contributed by atoms with Gasteiger partial charge in [-0.15, -0.1) is 0 Å². The average Bonchev–Trinajstić information content (AvgIpc) is 2.64. The van der Waals surface area contributed by atoms with Crippen molar-refractivity contribution in [3.8, 4) is 5.75 Å². The number of benzene rings is 2. The van der Waals surface area contributed by atoms with Crippen molar-refractivity contribution in [2.75, 3.05) is 18.1 Å². The van der Waals surface area contributed by atoms with Gasteiger partial charge < -0.3 is 14.7 Å². The number of amides is 1. The fourth-order valence-electron chi connectivity index (χ4n) is 2.40. The molecule has 0 atom stereocenters. The normalized spacial score (nSPS) is 10.2. The number of ether oxygens (including phenoxy) is 1. The number of carboxylic acids is 1. The van der Waals surface area contributed by atoms with Gasteiger partial charge in [0.15, 0.2) is 5.78 Å². The number of aliphatic carboxylic acids is 1. The number of nitrogens with zero attached hydrogens (tertiary/aromatic N) is 1. The quantitative estimate of drug-likeness (QED) is 0.552. The number of anilines is 1. The fourth-order valence-corrected chi connectivity index (χ4v) is 2.40. The Balaban J connectivity index is 1.85. The molecule has 0 bridgehead atoms. The minimum absolute atomic E-state index is 0.0124. The van der Waals surface area contributed by atoms with Gasteiger partial charge in [0.05, 0.1) is 6.61 Å². The molecular weight excluding hydrogens is 334 g/mol. The Labute approximate surface area is 152 Å². The molecule has 0 radical (unpaired) electrons. The standard InChI is InChI=1S/C20H21NO5/c1-15(22)16-9-11-18(12-10-16)26-13-5-8-19(23)21(14-20(24)25)17-6-3-2-4-7-17/h2-4,6-7,9-12H,5,8,13-14H2,1H3,(H,24,25). The third-order valence-electron chi connectivity index (χ3n) is 3.73. The Morgan fingerprint density at radius 2 is 1.65 bits per heavy atom. The second-order valence-electron chi connectivity index (χ2n) is 5.74. The van der Waals surface area contributed by atoms with Crippen molar-refractivity contribution in [2.45, 2.75) is 19.8 Å². The number of rotatable bonds is 9. The number of carbonyl (C=O) groups excluding carboxylic acids is 2. The van der Waals surface area contributed by atoms with Crippen LogP contribution in [0.2, 0.25) is 0 Å². The van der Waals surface area contributed by atoms with Crippen LogP contribution in [0, 0.1) is 0 Å². The van der Waals surface area contributed by atoms with E-state index in [0.29, 0.717) is 30.0 Å². The first-order valence-corrected chi connectivity index (χ1v) is 8.28. The van der Waals surface area contributed by atoms with Crippen LogP contribution in [-0.2, 0) is 9.59 Å². The highest BCUT2D eigenvalue weighted by Crippen LogP contribution is 2.16. The predicted octanol–water partition coefficient (Wildman–Crippen LogP) is 3.17. The van der Waals surface area contributed by atoms with Crippen LogP contribution in [0.25, 0.3) is 0 Å². The zero-order chi connectivity index (χ0) is 18.9. The number of hydrogen-bond donors (Lipinski definition) is 1. The van der Waals surface area contributed by atoms with Crippen molar-refractivity contribution in [1.82, 2.24) is 0 Å². The van der Waals surface area contributed by atoms with Crippen LogP contribution >= 0.6 is 0 Å². The lowest BCUT2D eigenvalue weighted by Gasteiger charge is -2.20. The maximum atomic E-state index is 12.4. The predicted molar refractivity (Wildman–Crippen MR) is 97.6 cm³/mol. The highest BCUT2D eigenvalue weighted by Gasteiger charge is 2.18. The van der Waals surface area contributed by atoms with Crippen LogP contribution in [0.3, 0.4) is 0 Å². The molecule has 0 aromatic heterocycles. The molecule has 0 heterocycles. The summed E-state index contributed by atoms with van der Waals surface area (Å²) in [5.41, 5.74) is 1.17. The van der Waals surface area contributed by atoms with E-state index in [1.807, 2.05) is 0 Å². The van der Waals surface area contributed by atoms with Gasteiger partial charge in [0.25, 0.3) is 0 Å². The summed E-state index contributed by atoms with van der Waals surface area (Å²) in [6, 6.07) is 15.5. The molecule has 136 valence electrons. The van der Waals surface area contributed by atoms with E-state index in [0.717, 1.165) is 0 Å². The second kappa shape index (κ2) is 9.36. The van der Waals surface area contributed by atoms with Gasteiger partial charge in [-0.1, -0.05) is 18.2 Å². The highest BCUT2D eigenvalue weighted by atomic mass is 16.5. The molecule has 1 N–H and O–H groups in total. The topological polar surface area (TPSA) is 83.9 Å². The number of Topliss-reactive ketones (excluding diaryl/α,β-unsaturated/α-hetero) is 1. The van der Waals surface area contributed by atoms with Crippen LogP contribution < -0.4 is 9.64 Å². The summed E-state index contributed by atoms with van der Waals surface area (Å²) >= 11 is 0. The summed E-state index contributed by atoms with van der Waals surface area (Å²) in [5, 5.41) is 9.03. The van der Waals surface area contributed by atoms with Crippen LogP contribution in [0.4, 0.5) is 5.69 Å². The molecule has 2 rings (SSSR count). The van der Waals surface area contributed by atoms with Crippen LogP contribution in [0.1, 0.15) is 30.1 Å². The number of carboxylic acid groups (broad SMARTS) is 1. The molecule has 0 saturated carbocycles. The van der Waals surface area contributed by atoms with Crippen molar-refractivity contribution < 1.29 is 24.2 Å². The average molecular weight is 355 g/mol. The van der Waals surface area contributed by atoms with E-state index >= 15 is 0 Å². The molecule has 2 aromatic carbocycles. The van der Waals surface area contributed by atoms with E-state index in [4.69, 9.17) is 9.84 Å². The Kier molecular flexibility index (Phi) is 6.91. The molecule has 26 heavy (non-hydrogen) atoms. The Bertz CT molecular complexity index is 756. The zero-order valence-corrected chi connectivity index (χ0v) is 14.6. The minimum Gasteiger partial charge on any atom is -0.494 e. The van der Waals surface area contributed by atoms with Gasteiger partial charge in [-0.3, -0.25) is 14.4 Å². The Morgan fingerprint density at radius 3 is 2.23 bits per heavy atom. The molecule has 0 unspecified atom stereocenters. The summed E-state index contributed by atoms with van der Waals surface area (Å²) in [5.74, 6) is -0.729. The molecule has 2 aromatic rings. The van der Waals surface area contributed by atoms with Crippen molar-refractivity contribution in [3.63, 3.8) is 0 Å². The lowest BCUT2D eigenvalue weighted by Crippen LogP contribution is -2.35. The summed E-state index contributed by atoms with van der Waals surface area (Å²) in [4.78, 5) is 35.9. The van der Waals surface area contributed by atoms with Gasteiger partial charge in [-0.2, -0.15) is 0 Å². The Hall–Kier alpha value is -3.15. The maximum Gasteiger partial charge on any atom is 0.323 e. The van der Waals surface area contributed by atoms with Crippen LogP contribution in [-0.4, -0.2) is 35.9 Å². The third kappa shape index (κ3) is 5.73. The highest BCUT2D eigenvalue weighted by molar-refractivity contribution is 5.97. The molecule has 6 nitrogen and oxygen atoms in total. The molecule has 0 saturated heterocycles. The SMILES string of the molecule is CC(=O)c1ccc(OCCCC(=O)N(CC(=O)O)c2ccccc2)cc1. The van der Waals surface area contributed by atoms with Crippen LogP contribution in [0.15, 0.2) is 54.6 Å². The van der Waals surface area contributed by atoms with Crippen molar-refractivity contribution >= 4 is 23.3 Å². The maximum absolute atomic E-state index is 12.4. The smallest absolute Gasteiger partial charge is 0.323 e. The molecule has 1 amide bonds. The van der Waals surface area contributed by atoms with Gasteiger partial charge in [0.1, 0.15) is 12.3 Å². The van der Waals surface area contributed by atoms with E-state index in [2.05, 4.69) is 0 Å². The molecule has 0 aliphatic heterocycles. The van der Waals surface area contributed by atoms with Gasteiger partial charge in [-0.05, 0) is 49.7 Å². The fraction of sp³-hybridized carbons (Fsp3) is 0.250. The molecule has 0 aliphatic rings. The van der Waals surface area contributed by atoms with E-state index in [-0.39, 0.29) is 24.7 Å². The number of carbonyl (C=O) groups is 3. The first-order valence-electron chi connectivity index (χ1n) is 8.28. The first-order chi connectivity index (χ1) is 12.5. The molecule has 0 spiro atoms. The van der Waals surface area contributed by atoms with E-state index in [9.17, 15) is 14.4 Å². The molecular formula is C20H21NO5. The molecule has 0 fully saturated rings. The van der Waals surface area contributed by atoms with Gasteiger partial charge in [0.2, 0.25) is 5.91 Å².